The molecule has 300 valence electrons. The standard InChI is InChI=1S/C42H78O9/c1-3-5-7-9-11-13-15-17-18-20-22-24-26-28-30-32-48-34-36(35-49-42-41(47)40(46)39(45)37(33-43)51-42)50-38(44)31-29-27-25-23-21-19-16-14-12-10-8-6-4-2/h8,10,14,16,36-37,39-43,45-47H,3-7,9,11-13,15,17-35H2,1-2H3/b10-8-,16-14-. The van der Waals surface area contributed by atoms with Gasteiger partial charge in [0.2, 0.25) is 0 Å². The Morgan fingerprint density at radius 2 is 1.18 bits per heavy atom. The molecule has 1 heterocycles. The molecule has 0 aromatic heterocycles. The highest BCUT2D eigenvalue weighted by Crippen LogP contribution is 2.22. The number of ether oxygens (including phenoxy) is 4. The van der Waals surface area contributed by atoms with Crippen LogP contribution in [0.4, 0.5) is 0 Å². The Morgan fingerprint density at radius 3 is 1.76 bits per heavy atom. The monoisotopic (exact) mass is 727 g/mol. The van der Waals surface area contributed by atoms with E-state index in [0.717, 1.165) is 64.2 Å². The first-order valence-electron chi connectivity index (χ1n) is 20.9. The van der Waals surface area contributed by atoms with Crippen molar-refractivity contribution in [2.24, 2.45) is 0 Å². The molecule has 4 N–H and O–H groups in total. The Hall–Kier alpha value is -1.33. The van der Waals surface area contributed by atoms with Crippen LogP contribution >= 0.6 is 0 Å². The van der Waals surface area contributed by atoms with Gasteiger partial charge in [-0.1, -0.05) is 154 Å². The Morgan fingerprint density at radius 1 is 0.627 bits per heavy atom. The summed E-state index contributed by atoms with van der Waals surface area (Å²) in [7, 11) is 0. The molecule has 0 aliphatic carbocycles. The molecule has 1 rings (SSSR count). The van der Waals surface area contributed by atoms with E-state index in [2.05, 4.69) is 38.2 Å². The van der Waals surface area contributed by atoms with Crippen LogP contribution in [0.15, 0.2) is 24.3 Å². The summed E-state index contributed by atoms with van der Waals surface area (Å²) in [6.45, 7) is 4.49. The number of rotatable bonds is 35. The van der Waals surface area contributed by atoms with E-state index in [1.54, 1.807) is 0 Å². The fourth-order valence-electron chi connectivity index (χ4n) is 6.29. The summed E-state index contributed by atoms with van der Waals surface area (Å²) in [6, 6.07) is 0. The predicted octanol–water partition coefficient (Wildman–Crippen LogP) is 8.64. The van der Waals surface area contributed by atoms with E-state index in [-0.39, 0.29) is 19.2 Å². The van der Waals surface area contributed by atoms with Crippen LogP contribution in [0.3, 0.4) is 0 Å². The zero-order valence-corrected chi connectivity index (χ0v) is 32.6. The molecular weight excluding hydrogens is 648 g/mol. The average Bonchev–Trinajstić information content (AvgIpc) is 3.13. The van der Waals surface area contributed by atoms with Gasteiger partial charge in [-0.15, -0.1) is 0 Å². The molecule has 0 amide bonds. The minimum Gasteiger partial charge on any atom is -0.457 e. The molecule has 0 radical (unpaired) electrons. The Balaban J connectivity index is 2.30. The third kappa shape index (κ3) is 26.1. The topological polar surface area (TPSA) is 135 Å². The molecule has 0 aromatic carbocycles. The highest BCUT2D eigenvalue weighted by Gasteiger charge is 2.44. The number of hydrogen-bond donors (Lipinski definition) is 4. The van der Waals surface area contributed by atoms with E-state index in [4.69, 9.17) is 18.9 Å². The van der Waals surface area contributed by atoms with Crippen molar-refractivity contribution < 1.29 is 44.2 Å². The van der Waals surface area contributed by atoms with E-state index < -0.39 is 43.4 Å². The second kappa shape index (κ2) is 34.4. The number of carbonyl (C=O) groups is 1. The van der Waals surface area contributed by atoms with Gasteiger partial charge in [-0.25, -0.2) is 0 Å². The summed E-state index contributed by atoms with van der Waals surface area (Å²) in [4.78, 5) is 12.7. The molecule has 1 aliphatic rings. The zero-order valence-electron chi connectivity index (χ0n) is 32.6. The second-order valence-corrected chi connectivity index (χ2v) is 14.4. The number of unbranched alkanes of at least 4 members (excludes halogenated alkanes) is 20. The van der Waals surface area contributed by atoms with Crippen molar-refractivity contribution >= 4 is 5.97 Å². The maximum absolute atomic E-state index is 12.7. The van der Waals surface area contributed by atoms with E-state index in [0.29, 0.717) is 13.0 Å². The lowest BCUT2D eigenvalue weighted by Gasteiger charge is -2.39. The number of hydrogen-bond acceptors (Lipinski definition) is 9. The smallest absolute Gasteiger partial charge is 0.306 e. The first kappa shape index (κ1) is 47.7. The molecule has 0 bridgehead atoms. The van der Waals surface area contributed by atoms with Crippen LogP contribution in [-0.4, -0.2) is 89.6 Å². The van der Waals surface area contributed by atoms with Crippen molar-refractivity contribution in [3.63, 3.8) is 0 Å². The number of esters is 1. The maximum atomic E-state index is 12.7. The van der Waals surface area contributed by atoms with Gasteiger partial charge in [0.05, 0.1) is 19.8 Å². The molecule has 9 heteroatoms. The fraction of sp³-hybridized carbons (Fsp3) is 0.881. The van der Waals surface area contributed by atoms with Gasteiger partial charge in [0.1, 0.15) is 30.5 Å². The molecule has 1 aliphatic heterocycles. The minimum absolute atomic E-state index is 0.116. The SMILES string of the molecule is CCC/C=C\C/C=C\CCCCCCCC(=O)OC(COCCCCCCCCCCCCCCCCC)COC1OC(CO)C(O)C(O)C1O. The molecule has 0 saturated carbocycles. The molecule has 0 spiro atoms. The van der Waals surface area contributed by atoms with E-state index in [1.807, 2.05) is 0 Å². The summed E-state index contributed by atoms with van der Waals surface area (Å²) in [6.07, 6.45) is 30.6. The normalized spacial score (nSPS) is 21.6. The Labute approximate surface area is 311 Å². The second-order valence-electron chi connectivity index (χ2n) is 14.4. The van der Waals surface area contributed by atoms with Crippen LogP contribution in [0, 0.1) is 0 Å². The van der Waals surface area contributed by atoms with Crippen LogP contribution in [0.25, 0.3) is 0 Å². The van der Waals surface area contributed by atoms with E-state index in [9.17, 15) is 25.2 Å². The molecular formula is C42H78O9. The highest BCUT2D eigenvalue weighted by atomic mass is 16.7. The first-order valence-corrected chi connectivity index (χ1v) is 20.9. The number of carbonyl (C=O) groups excluding carboxylic acids is 1. The Bertz CT molecular complexity index is 833. The van der Waals surface area contributed by atoms with Crippen LogP contribution in [0.2, 0.25) is 0 Å². The largest absolute Gasteiger partial charge is 0.457 e. The summed E-state index contributed by atoms with van der Waals surface area (Å²) >= 11 is 0. The fourth-order valence-corrected chi connectivity index (χ4v) is 6.29. The van der Waals surface area contributed by atoms with Gasteiger partial charge in [0.15, 0.2) is 6.29 Å². The van der Waals surface area contributed by atoms with Crippen molar-refractivity contribution in [3.8, 4) is 0 Å². The molecule has 1 fully saturated rings. The maximum Gasteiger partial charge on any atom is 0.306 e. The molecule has 51 heavy (non-hydrogen) atoms. The predicted molar refractivity (Wildman–Crippen MR) is 205 cm³/mol. The van der Waals surface area contributed by atoms with Crippen LogP contribution < -0.4 is 0 Å². The van der Waals surface area contributed by atoms with Crippen molar-refractivity contribution in [1.29, 1.82) is 0 Å². The third-order valence-corrected chi connectivity index (χ3v) is 9.60. The van der Waals surface area contributed by atoms with Gasteiger partial charge in [-0.2, -0.15) is 0 Å². The minimum atomic E-state index is -1.54. The van der Waals surface area contributed by atoms with Crippen molar-refractivity contribution in [1.82, 2.24) is 0 Å². The van der Waals surface area contributed by atoms with Crippen LogP contribution in [-0.2, 0) is 23.7 Å². The first-order chi connectivity index (χ1) is 24.9. The summed E-state index contributed by atoms with van der Waals surface area (Å²) in [5.41, 5.74) is 0. The van der Waals surface area contributed by atoms with Gasteiger partial charge in [-0.05, 0) is 38.5 Å². The molecule has 6 unspecified atom stereocenters. The van der Waals surface area contributed by atoms with Crippen molar-refractivity contribution in [2.45, 2.75) is 211 Å². The molecule has 0 aromatic rings. The summed E-state index contributed by atoms with van der Waals surface area (Å²) in [5.74, 6) is -0.327. The number of allylic oxidation sites excluding steroid dienone is 4. The van der Waals surface area contributed by atoms with Gasteiger partial charge in [-0.3, -0.25) is 4.79 Å². The summed E-state index contributed by atoms with van der Waals surface area (Å²) in [5, 5.41) is 40.0. The van der Waals surface area contributed by atoms with Gasteiger partial charge in [0.25, 0.3) is 0 Å². The molecule has 1 saturated heterocycles. The average molecular weight is 727 g/mol. The van der Waals surface area contributed by atoms with E-state index in [1.165, 1.54) is 89.9 Å². The third-order valence-electron chi connectivity index (χ3n) is 9.60. The van der Waals surface area contributed by atoms with Crippen molar-refractivity contribution in [3.05, 3.63) is 24.3 Å². The number of aliphatic hydroxyl groups is 4. The van der Waals surface area contributed by atoms with Gasteiger partial charge in [0, 0.05) is 13.0 Å². The molecule has 6 atom stereocenters. The van der Waals surface area contributed by atoms with Crippen molar-refractivity contribution in [2.75, 3.05) is 26.4 Å². The van der Waals surface area contributed by atoms with Gasteiger partial charge >= 0.3 is 5.97 Å². The zero-order chi connectivity index (χ0) is 37.2. The lowest BCUT2D eigenvalue weighted by atomic mass is 9.99. The summed E-state index contributed by atoms with van der Waals surface area (Å²) < 4.78 is 22.7. The lowest BCUT2D eigenvalue weighted by Crippen LogP contribution is -2.59. The Kier molecular flexibility index (Phi) is 32.2. The van der Waals surface area contributed by atoms with Gasteiger partial charge < -0.3 is 39.4 Å². The molecule has 9 nitrogen and oxygen atoms in total. The van der Waals surface area contributed by atoms with E-state index >= 15 is 0 Å². The van der Waals surface area contributed by atoms with Crippen LogP contribution in [0.1, 0.15) is 174 Å². The van der Waals surface area contributed by atoms with Crippen LogP contribution in [0.5, 0.6) is 0 Å². The highest BCUT2D eigenvalue weighted by molar-refractivity contribution is 5.69. The number of aliphatic hydroxyl groups excluding tert-OH is 4. The lowest BCUT2D eigenvalue weighted by molar-refractivity contribution is -0.305. The quantitative estimate of drug-likeness (QED) is 0.0288.